The quantitative estimate of drug-likeness (QED) is 0.832. The molecular formula is C21H30ClN3O3. The number of carbonyl (C=O) groups excluding carboxylic acids is 2. The molecule has 0 aromatic heterocycles. The SMILES string of the molecule is COC1(C(=O)N2CCC(C(=O)N3CCc4ccccc43)CC2)CCNCC1.Cl. The molecule has 0 aliphatic carbocycles. The third-order valence-corrected chi connectivity index (χ3v) is 6.48. The highest BCUT2D eigenvalue weighted by molar-refractivity contribution is 5.97. The summed E-state index contributed by atoms with van der Waals surface area (Å²) in [5.41, 5.74) is 1.64. The number of ether oxygens (including phenoxy) is 1. The fourth-order valence-electron chi connectivity index (χ4n) is 4.74. The van der Waals surface area contributed by atoms with Crippen LogP contribution < -0.4 is 10.2 Å². The molecule has 28 heavy (non-hydrogen) atoms. The number of nitrogens with one attached hydrogen (secondary N) is 1. The van der Waals surface area contributed by atoms with Crippen molar-refractivity contribution in [3.8, 4) is 0 Å². The van der Waals surface area contributed by atoms with Gasteiger partial charge in [0.1, 0.15) is 5.60 Å². The Morgan fingerprint density at radius 1 is 1.11 bits per heavy atom. The summed E-state index contributed by atoms with van der Waals surface area (Å²) in [5.74, 6) is 0.325. The van der Waals surface area contributed by atoms with Crippen LogP contribution in [-0.4, -0.2) is 62.1 Å². The Kier molecular flexibility index (Phi) is 6.63. The Hall–Kier alpha value is -1.63. The minimum Gasteiger partial charge on any atom is -0.368 e. The first-order valence-corrected chi connectivity index (χ1v) is 10.1. The molecule has 0 saturated carbocycles. The second-order valence-electron chi connectivity index (χ2n) is 7.88. The van der Waals surface area contributed by atoms with Crippen molar-refractivity contribution >= 4 is 29.9 Å². The maximum Gasteiger partial charge on any atom is 0.254 e. The van der Waals surface area contributed by atoms with Crippen LogP contribution in [0.3, 0.4) is 0 Å². The van der Waals surface area contributed by atoms with E-state index in [1.54, 1.807) is 7.11 Å². The zero-order valence-electron chi connectivity index (χ0n) is 16.5. The molecule has 3 heterocycles. The number of nitrogens with zero attached hydrogens (tertiary/aromatic N) is 2. The molecule has 2 fully saturated rings. The van der Waals surface area contributed by atoms with Gasteiger partial charge in [-0.3, -0.25) is 9.59 Å². The lowest BCUT2D eigenvalue weighted by Crippen LogP contribution is -2.57. The normalized spacial score (nSPS) is 21.8. The summed E-state index contributed by atoms with van der Waals surface area (Å²) in [6.45, 7) is 3.68. The van der Waals surface area contributed by atoms with Crippen LogP contribution in [0.1, 0.15) is 31.2 Å². The molecule has 154 valence electrons. The Morgan fingerprint density at radius 2 is 1.79 bits per heavy atom. The number of rotatable bonds is 3. The Labute approximate surface area is 173 Å². The second-order valence-corrected chi connectivity index (χ2v) is 7.88. The highest BCUT2D eigenvalue weighted by Crippen LogP contribution is 2.32. The van der Waals surface area contributed by atoms with Crippen molar-refractivity contribution in [3.63, 3.8) is 0 Å². The standard InChI is InChI=1S/C21H29N3O3.ClH/c1-27-21(9-11-22-12-10-21)20(26)23-13-6-17(7-14-23)19(25)24-15-8-16-4-2-3-5-18(16)24;/h2-5,17,22H,6-15H2,1H3;1H. The highest BCUT2D eigenvalue weighted by atomic mass is 35.5. The van der Waals surface area contributed by atoms with Gasteiger partial charge in [-0.25, -0.2) is 0 Å². The van der Waals surface area contributed by atoms with Crippen LogP contribution in [0.25, 0.3) is 0 Å². The van der Waals surface area contributed by atoms with E-state index < -0.39 is 5.60 Å². The lowest BCUT2D eigenvalue weighted by molar-refractivity contribution is -0.160. The predicted octanol–water partition coefficient (Wildman–Crippen LogP) is 2.00. The average molecular weight is 408 g/mol. The molecule has 6 nitrogen and oxygen atoms in total. The molecular weight excluding hydrogens is 378 g/mol. The predicted molar refractivity (Wildman–Crippen MR) is 111 cm³/mol. The lowest BCUT2D eigenvalue weighted by Gasteiger charge is -2.41. The zero-order chi connectivity index (χ0) is 18.9. The number of halogens is 1. The first-order chi connectivity index (χ1) is 13.1. The number of para-hydroxylation sites is 1. The number of likely N-dealkylation sites (tertiary alicyclic amines) is 1. The van der Waals surface area contributed by atoms with E-state index in [4.69, 9.17) is 4.74 Å². The molecule has 0 spiro atoms. The van der Waals surface area contributed by atoms with Gasteiger partial charge in [-0.2, -0.15) is 0 Å². The van der Waals surface area contributed by atoms with Gasteiger partial charge in [0.25, 0.3) is 5.91 Å². The number of amides is 2. The monoisotopic (exact) mass is 407 g/mol. The number of benzene rings is 1. The molecule has 0 bridgehead atoms. The molecule has 0 unspecified atom stereocenters. The third-order valence-electron chi connectivity index (χ3n) is 6.48. The fourth-order valence-corrected chi connectivity index (χ4v) is 4.74. The molecule has 0 radical (unpaired) electrons. The zero-order valence-corrected chi connectivity index (χ0v) is 17.3. The first kappa shape index (κ1) is 21.1. The molecule has 0 atom stereocenters. The molecule has 1 N–H and O–H groups in total. The van der Waals surface area contributed by atoms with Crippen molar-refractivity contribution in [2.45, 2.75) is 37.7 Å². The summed E-state index contributed by atoms with van der Waals surface area (Å²) in [5, 5.41) is 3.29. The maximum absolute atomic E-state index is 13.1. The molecule has 2 saturated heterocycles. The van der Waals surface area contributed by atoms with Gasteiger partial charge in [-0.05, 0) is 56.8 Å². The van der Waals surface area contributed by atoms with E-state index in [0.29, 0.717) is 25.9 Å². The summed E-state index contributed by atoms with van der Waals surface area (Å²) in [4.78, 5) is 30.0. The van der Waals surface area contributed by atoms with E-state index >= 15 is 0 Å². The number of hydrogen-bond acceptors (Lipinski definition) is 4. The van der Waals surface area contributed by atoms with Crippen LogP contribution in [-0.2, 0) is 20.7 Å². The number of methoxy groups -OCH3 is 1. The van der Waals surface area contributed by atoms with E-state index in [-0.39, 0.29) is 30.1 Å². The smallest absolute Gasteiger partial charge is 0.254 e. The van der Waals surface area contributed by atoms with Gasteiger partial charge >= 0.3 is 0 Å². The minimum atomic E-state index is -0.685. The van der Waals surface area contributed by atoms with Crippen molar-refractivity contribution < 1.29 is 14.3 Å². The first-order valence-electron chi connectivity index (χ1n) is 10.1. The Morgan fingerprint density at radius 3 is 2.46 bits per heavy atom. The van der Waals surface area contributed by atoms with Crippen molar-refractivity contribution in [2.24, 2.45) is 5.92 Å². The van der Waals surface area contributed by atoms with Gasteiger partial charge in [0.2, 0.25) is 5.91 Å². The van der Waals surface area contributed by atoms with E-state index in [9.17, 15) is 9.59 Å². The topological polar surface area (TPSA) is 61.9 Å². The second kappa shape index (κ2) is 8.80. The van der Waals surface area contributed by atoms with Crippen LogP contribution >= 0.6 is 12.4 Å². The summed E-state index contributed by atoms with van der Waals surface area (Å²) in [6, 6.07) is 8.17. The van der Waals surface area contributed by atoms with Crippen LogP contribution in [0, 0.1) is 5.92 Å². The molecule has 3 aliphatic heterocycles. The molecule has 2 amide bonds. The van der Waals surface area contributed by atoms with Crippen molar-refractivity contribution in [1.82, 2.24) is 10.2 Å². The number of anilines is 1. The third kappa shape index (κ3) is 3.78. The Balaban J connectivity index is 0.00000225. The van der Waals surface area contributed by atoms with E-state index in [2.05, 4.69) is 11.4 Å². The molecule has 3 aliphatic rings. The van der Waals surface area contributed by atoms with Crippen LogP contribution in [0.15, 0.2) is 24.3 Å². The Bertz CT molecular complexity index is 713. The van der Waals surface area contributed by atoms with Crippen LogP contribution in [0.2, 0.25) is 0 Å². The summed E-state index contributed by atoms with van der Waals surface area (Å²) in [6.07, 6.45) is 3.84. The highest BCUT2D eigenvalue weighted by Gasteiger charge is 2.44. The van der Waals surface area contributed by atoms with Gasteiger partial charge in [0.15, 0.2) is 0 Å². The van der Waals surface area contributed by atoms with Gasteiger partial charge in [0, 0.05) is 38.3 Å². The summed E-state index contributed by atoms with van der Waals surface area (Å²) in [7, 11) is 1.64. The number of hydrogen-bond donors (Lipinski definition) is 1. The lowest BCUT2D eigenvalue weighted by atomic mass is 9.88. The van der Waals surface area contributed by atoms with Crippen LogP contribution in [0.5, 0.6) is 0 Å². The van der Waals surface area contributed by atoms with E-state index in [1.807, 2.05) is 28.0 Å². The molecule has 1 aromatic rings. The van der Waals surface area contributed by atoms with Crippen molar-refractivity contribution in [1.29, 1.82) is 0 Å². The minimum absolute atomic E-state index is 0. The number of fused-ring (bicyclic) bond motifs is 1. The maximum atomic E-state index is 13.1. The molecule has 7 heteroatoms. The summed E-state index contributed by atoms with van der Waals surface area (Å²) >= 11 is 0. The largest absolute Gasteiger partial charge is 0.368 e. The number of carbonyl (C=O) groups is 2. The van der Waals surface area contributed by atoms with Gasteiger partial charge in [-0.1, -0.05) is 18.2 Å². The van der Waals surface area contributed by atoms with Gasteiger partial charge in [0.05, 0.1) is 0 Å². The van der Waals surface area contributed by atoms with Crippen molar-refractivity contribution in [2.75, 3.05) is 44.7 Å². The van der Waals surface area contributed by atoms with Crippen molar-refractivity contribution in [3.05, 3.63) is 29.8 Å². The summed E-state index contributed by atoms with van der Waals surface area (Å²) < 4.78 is 5.68. The number of piperidine rings is 2. The van der Waals surface area contributed by atoms with Gasteiger partial charge in [-0.15, -0.1) is 12.4 Å². The molecule has 4 rings (SSSR count). The van der Waals surface area contributed by atoms with Gasteiger partial charge < -0.3 is 19.9 Å². The van der Waals surface area contributed by atoms with Crippen LogP contribution in [0.4, 0.5) is 5.69 Å². The fraction of sp³-hybridized carbons (Fsp3) is 0.619. The van der Waals surface area contributed by atoms with E-state index in [0.717, 1.165) is 44.6 Å². The van der Waals surface area contributed by atoms with E-state index in [1.165, 1.54) is 5.56 Å². The average Bonchev–Trinajstić information content (AvgIpc) is 3.17. The molecule has 1 aromatic carbocycles.